The van der Waals surface area contributed by atoms with Crippen LogP contribution >= 0.6 is 0 Å². The molecule has 19 nitrogen and oxygen atoms in total. The summed E-state index contributed by atoms with van der Waals surface area (Å²) in [4.78, 5) is 13.6. The van der Waals surface area contributed by atoms with Crippen molar-refractivity contribution in [2.75, 3.05) is 26.4 Å². The quantitative estimate of drug-likeness (QED) is 0.0252. The zero-order valence-electron chi connectivity index (χ0n) is 75.7. The molecule has 3 heterocycles. The smallest absolute Gasteiger partial charge is 0.220 e. The summed E-state index contributed by atoms with van der Waals surface area (Å²) >= 11 is 0. The van der Waals surface area contributed by atoms with Gasteiger partial charge in [-0.2, -0.15) is 0 Å². The van der Waals surface area contributed by atoms with Crippen molar-refractivity contribution in [3.8, 4) is 0 Å². The molecular formula is C98H191NO18. The molecule has 1 amide bonds. The van der Waals surface area contributed by atoms with Crippen molar-refractivity contribution in [1.29, 1.82) is 0 Å². The maximum absolute atomic E-state index is 13.6. The molecule has 19 heteroatoms. The second kappa shape index (κ2) is 78.3. The first-order valence-corrected chi connectivity index (χ1v) is 50.8. The van der Waals surface area contributed by atoms with Gasteiger partial charge in [-0.1, -0.05) is 470 Å². The summed E-state index contributed by atoms with van der Waals surface area (Å²) in [7, 11) is 0. The van der Waals surface area contributed by atoms with Crippen LogP contribution in [0.25, 0.3) is 0 Å². The number of hydrogen-bond acceptors (Lipinski definition) is 18. The molecular weight excluding hydrogens is 1480 g/mol. The molecule has 0 aliphatic carbocycles. The number of aliphatic hydroxyl groups excluding tert-OH is 11. The molecule has 3 rings (SSSR count). The molecule has 0 spiro atoms. The Hall–Kier alpha value is -1.21. The van der Waals surface area contributed by atoms with Crippen LogP contribution in [0, 0.1) is 0 Å². The number of carbonyl (C=O) groups excluding carboxylic acids is 1. The van der Waals surface area contributed by atoms with Gasteiger partial charge in [0.2, 0.25) is 5.91 Å². The number of rotatable bonds is 86. The van der Waals surface area contributed by atoms with Crippen LogP contribution in [0.4, 0.5) is 0 Å². The van der Waals surface area contributed by atoms with Gasteiger partial charge < -0.3 is 89.9 Å². The molecule has 0 radical (unpaired) electrons. The van der Waals surface area contributed by atoms with E-state index in [4.69, 9.17) is 28.4 Å². The van der Waals surface area contributed by atoms with Crippen LogP contribution < -0.4 is 5.32 Å². The molecule has 3 fully saturated rings. The Kier molecular flexibility index (Phi) is 73.6. The Morgan fingerprint density at radius 2 is 0.487 bits per heavy atom. The topological polar surface area (TPSA) is 307 Å². The van der Waals surface area contributed by atoms with Crippen molar-refractivity contribution >= 4 is 5.91 Å². The van der Waals surface area contributed by atoms with E-state index in [1.165, 1.54) is 411 Å². The second-order valence-corrected chi connectivity index (χ2v) is 36.7. The van der Waals surface area contributed by atoms with E-state index in [0.29, 0.717) is 12.8 Å². The molecule has 696 valence electrons. The van der Waals surface area contributed by atoms with E-state index in [9.17, 15) is 61.0 Å². The number of ether oxygens (including phenoxy) is 6. The van der Waals surface area contributed by atoms with Crippen molar-refractivity contribution in [2.24, 2.45) is 0 Å². The fourth-order valence-electron chi connectivity index (χ4n) is 17.9. The lowest BCUT2D eigenvalue weighted by molar-refractivity contribution is -0.379. The first-order valence-electron chi connectivity index (χ1n) is 50.8. The molecule has 117 heavy (non-hydrogen) atoms. The summed E-state index contributed by atoms with van der Waals surface area (Å²) in [5, 5.41) is 122. The summed E-state index contributed by atoms with van der Waals surface area (Å²) in [6.45, 7) is 1.91. The van der Waals surface area contributed by atoms with E-state index in [1.807, 2.05) is 0 Å². The predicted molar refractivity (Wildman–Crippen MR) is 476 cm³/mol. The van der Waals surface area contributed by atoms with E-state index in [-0.39, 0.29) is 18.9 Å². The lowest BCUT2D eigenvalue weighted by Gasteiger charge is -2.48. The SMILES string of the molecule is CCCCCCCCCCCCCCCCCCCCCCCCCCCCCCCCCCCCCCCCCC(=O)NC(COC1OC(CO)C(OC2OC(CO)C(OC3OC(CO)C(O)C(O)C3O)C(O)C2O)C(O)C1O)C(O)CCCCCCCCCCCCCCCCCCCCCCCCCCCCCCCCCCC. The highest BCUT2D eigenvalue weighted by atomic mass is 16.8. The number of carbonyl (C=O) groups is 1. The molecule has 12 N–H and O–H groups in total. The van der Waals surface area contributed by atoms with Crippen LogP contribution in [0.5, 0.6) is 0 Å². The summed E-state index contributed by atoms with van der Waals surface area (Å²) < 4.78 is 34.7. The zero-order chi connectivity index (χ0) is 84.5. The molecule has 17 atom stereocenters. The van der Waals surface area contributed by atoms with E-state index in [2.05, 4.69) is 19.2 Å². The van der Waals surface area contributed by atoms with Gasteiger partial charge in [-0.25, -0.2) is 0 Å². The third kappa shape index (κ3) is 55.8. The molecule has 0 bridgehead atoms. The number of aliphatic hydroxyl groups is 11. The Labute approximate surface area is 716 Å². The lowest BCUT2D eigenvalue weighted by Crippen LogP contribution is -2.66. The van der Waals surface area contributed by atoms with E-state index in [0.717, 1.165) is 44.9 Å². The van der Waals surface area contributed by atoms with Crippen LogP contribution in [0.15, 0.2) is 0 Å². The summed E-state index contributed by atoms with van der Waals surface area (Å²) in [6, 6.07) is -0.885. The third-order valence-electron chi connectivity index (χ3n) is 25.9. The number of nitrogens with one attached hydrogen (secondary N) is 1. The fourth-order valence-corrected chi connectivity index (χ4v) is 17.9. The first-order chi connectivity index (χ1) is 57.3. The molecule has 3 aliphatic rings. The molecule has 0 aromatic rings. The Balaban J connectivity index is 1.27. The van der Waals surface area contributed by atoms with E-state index >= 15 is 0 Å². The normalized spacial score (nSPS) is 24.3. The van der Waals surface area contributed by atoms with Crippen molar-refractivity contribution < 1.29 is 89.4 Å². The standard InChI is InChI=1S/C98H191NO18/c1-3-5-7-9-11-13-15-17-19-21-23-25-27-29-31-33-35-37-38-39-40-41-42-44-46-48-50-52-54-56-58-60-62-64-66-68-70-72-74-76-86(104)99-81(82(103)75-73-71-69-67-65-63-61-59-57-55-53-51-49-47-45-43-36-34-32-30-28-26-24-22-20-18-16-14-12-10-8-6-4-2)80-112-96-92(110)89(107)94(84(78-101)114-96)117-98-93(111)90(108)95(85(79-102)115-98)116-97-91(109)88(106)87(105)83(77-100)113-97/h81-85,87-98,100-103,105-111H,3-80H2,1-2H3,(H,99,104). The van der Waals surface area contributed by atoms with Crippen LogP contribution in [0.2, 0.25) is 0 Å². The number of amides is 1. The Morgan fingerprint density at radius 3 is 0.744 bits per heavy atom. The maximum Gasteiger partial charge on any atom is 0.220 e. The molecule has 0 aromatic heterocycles. The molecule has 17 unspecified atom stereocenters. The second-order valence-electron chi connectivity index (χ2n) is 36.7. The van der Waals surface area contributed by atoms with Gasteiger partial charge in [0.05, 0.1) is 38.6 Å². The van der Waals surface area contributed by atoms with Gasteiger partial charge in [0.1, 0.15) is 73.2 Å². The Bertz CT molecular complexity index is 2100. The fraction of sp³-hybridized carbons (Fsp3) is 0.990. The van der Waals surface area contributed by atoms with Crippen LogP contribution in [0.1, 0.15) is 489 Å². The lowest BCUT2D eigenvalue weighted by atomic mass is 9.96. The van der Waals surface area contributed by atoms with Gasteiger partial charge in [-0.3, -0.25) is 4.79 Å². The van der Waals surface area contributed by atoms with E-state index in [1.54, 1.807) is 0 Å². The third-order valence-corrected chi connectivity index (χ3v) is 25.9. The highest BCUT2D eigenvalue weighted by molar-refractivity contribution is 5.76. The van der Waals surface area contributed by atoms with Crippen molar-refractivity contribution in [2.45, 2.75) is 593 Å². The van der Waals surface area contributed by atoms with Gasteiger partial charge >= 0.3 is 0 Å². The molecule has 0 aromatic carbocycles. The molecule has 3 saturated heterocycles. The minimum Gasteiger partial charge on any atom is -0.394 e. The number of unbranched alkanes of at least 4 members (excludes halogenated alkanes) is 70. The Morgan fingerprint density at radius 1 is 0.274 bits per heavy atom. The average Bonchev–Trinajstić information content (AvgIpc) is 0.777. The van der Waals surface area contributed by atoms with Gasteiger partial charge in [-0.15, -0.1) is 0 Å². The zero-order valence-corrected chi connectivity index (χ0v) is 75.7. The highest BCUT2D eigenvalue weighted by Gasteiger charge is 2.54. The monoisotopic (exact) mass is 1670 g/mol. The minimum atomic E-state index is -1.97. The number of hydrogen-bond donors (Lipinski definition) is 12. The van der Waals surface area contributed by atoms with Crippen molar-refractivity contribution in [1.82, 2.24) is 5.32 Å². The van der Waals surface area contributed by atoms with E-state index < -0.39 is 124 Å². The van der Waals surface area contributed by atoms with Crippen molar-refractivity contribution in [3.05, 3.63) is 0 Å². The summed E-state index contributed by atoms with van der Waals surface area (Å²) in [6.07, 6.45) is 71.2. The van der Waals surface area contributed by atoms with Crippen molar-refractivity contribution in [3.63, 3.8) is 0 Å². The largest absolute Gasteiger partial charge is 0.394 e. The minimum absolute atomic E-state index is 0.229. The van der Waals surface area contributed by atoms with Gasteiger partial charge in [0, 0.05) is 6.42 Å². The molecule has 0 saturated carbocycles. The predicted octanol–water partition coefficient (Wildman–Crippen LogP) is 21.2. The highest BCUT2D eigenvalue weighted by Crippen LogP contribution is 2.34. The summed E-state index contributed by atoms with van der Waals surface area (Å²) in [5.41, 5.74) is 0. The van der Waals surface area contributed by atoms with Crippen LogP contribution in [-0.2, 0) is 33.2 Å². The van der Waals surface area contributed by atoms with Gasteiger partial charge in [0.15, 0.2) is 18.9 Å². The summed E-state index contributed by atoms with van der Waals surface area (Å²) in [5.74, 6) is -0.229. The molecule has 3 aliphatic heterocycles. The van der Waals surface area contributed by atoms with Crippen LogP contribution in [0.3, 0.4) is 0 Å². The van der Waals surface area contributed by atoms with Gasteiger partial charge in [0.25, 0.3) is 0 Å². The maximum atomic E-state index is 13.6. The van der Waals surface area contributed by atoms with Crippen LogP contribution in [-0.4, -0.2) is 193 Å². The first kappa shape index (κ1) is 110. The average molecular weight is 1670 g/mol. The van der Waals surface area contributed by atoms with Gasteiger partial charge in [-0.05, 0) is 12.8 Å².